The molecule has 1 aromatic carbocycles. The van der Waals surface area contributed by atoms with Gasteiger partial charge in [0, 0.05) is 28.3 Å². The Kier molecular flexibility index (Phi) is 7.25. The van der Waals surface area contributed by atoms with Crippen LogP contribution in [0.15, 0.2) is 18.3 Å². The van der Waals surface area contributed by atoms with Crippen molar-refractivity contribution in [3.05, 3.63) is 50.2 Å². The summed E-state index contributed by atoms with van der Waals surface area (Å²) in [6, 6.07) is 2.51. The first-order chi connectivity index (χ1) is 13.0. The fourth-order valence-corrected chi connectivity index (χ4v) is 3.72. The normalized spacial score (nSPS) is 12.9. The Morgan fingerprint density at radius 2 is 1.86 bits per heavy atom. The third-order valence-electron chi connectivity index (χ3n) is 4.04. The molecule has 0 aliphatic heterocycles. The lowest BCUT2D eigenvalue weighted by Gasteiger charge is -2.27. The molecule has 0 saturated heterocycles. The molecule has 1 amide bonds. The lowest BCUT2D eigenvalue weighted by Crippen LogP contribution is -2.38. The van der Waals surface area contributed by atoms with E-state index in [1.165, 1.54) is 14.2 Å². The van der Waals surface area contributed by atoms with Crippen LogP contribution in [0.4, 0.5) is 13.2 Å². The lowest BCUT2D eigenvalue weighted by molar-refractivity contribution is -0.143. The van der Waals surface area contributed by atoms with E-state index >= 15 is 0 Å². The summed E-state index contributed by atoms with van der Waals surface area (Å²) in [5.74, 6) is -0.941. The molecule has 0 fully saturated rings. The van der Waals surface area contributed by atoms with Gasteiger partial charge in [-0.05, 0) is 37.5 Å². The molecule has 0 bridgehead atoms. The minimum Gasteiger partial charge on any atom is -0.274 e. The summed E-state index contributed by atoms with van der Waals surface area (Å²) >= 11 is 18.2. The molecule has 0 aliphatic carbocycles. The predicted octanol–water partition coefficient (Wildman–Crippen LogP) is 5.42. The van der Waals surface area contributed by atoms with Crippen LogP contribution in [0.3, 0.4) is 0 Å². The van der Waals surface area contributed by atoms with Gasteiger partial charge in [-0.25, -0.2) is 5.06 Å². The number of amides is 1. The van der Waals surface area contributed by atoms with E-state index < -0.39 is 29.4 Å². The summed E-state index contributed by atoms with van der Waals surface area (Å²) in [6.07, 6.45) is -3.05. The van der Waals surface area contributed by atoms with Crippen LogP contribution in [-0.2, 0) is 24.5 Å². The number of aryl methyl sites for hydroxylation is 1. The third kappa shape index (κ3) is 5.11. The molecule has 28 heavy (non-hydrogen) atoms. The average molecular weight is 459 g/mol. The summed E-state index contributed by atoms with van der Waals surface area (Å²) in [5, 5.41) is 5.34. The van der Waals surface area contributed by atoms with Gasteiger partial charge in [-0.15, -0.1) is 0 Å². The number of hydrogen-bond acceptors (Lipinski definition) is 3. The Morgan fingerprint density at radius 1 is 1.29 bits per heavy atom. The van der Waals surface area contributed by atoms with Gasteiger partial charge in [0.05, 0.1) is 18.7 Å². The second-order valence-corrected chi connectivity index (χ2v) is 7.36. The first-order valence-electron chi connectivity index (χ1n) is 8.07. The third-order valence-corrected chi connectivity index (χ3v) is 4.94. The van der Waals surface area contributed by atoms with Gasteiger partial charge in [-0.2, -0.15) is 18.3 Å². The van der Waals surface area contributed by atoms with E-state index in [1.54, 1.807) is 19.1 Å². The minimum absolute atomic E-state index is 0.336. The number of aromatic nitrogens is 2. The maximum absolute atomic E-state index is 13.2. The zero-order valence-corrected chi connectivity index (χ0v) is 17.4. The number of hydroxylamine groups is 2. The molecule has 0 N–H and O–H groups in total. The van der Waals surface area contributed by atoms with E-state index in [1.807, 2.05) is 0 Å². The number of carbonyl (C=O) groups is 1. The minimum atomic E-state index is -4.76. The summed E-state index contributed by atoms with van der Waals surface area (Å²) in [5.41, 5.74) is -1.23. The molecule has 154 valence electrons. The van der Waals surface area contributed by atoms with E-state index in [4.69, 9.17) is 39.6 Å². The van der Waals surface area contributed by atoms with Gasteiger partial charge in [0.2, 0.25) is 0 Å². The van der Waals surface area contributed by atoms with Gasteiger partial charge >= 0.3 is 6.18 Å². The van der Waals surface area contributed by atoms with Crippen molar-refractivity contribution in [1.29, 1.82) is 0 Å². The van der Waals surface area contributed by atoms with E-state index in [9.17, 15) is 18.0 Å². The first kappa shape index (κ1) is 22.8. The topological polar surface area (TPSA) is 47.4 Å². The van der Waals surface area contributed by atoms with Crippen molar-refractivity contribution in [2.45, 2.75) is 32.0 Å². The van der Waals surface area contributed by atoms with Gasteiger partial charge in [-0.3, -0.25) is 14.3 Å². The highest BCUT2D eigenvalue weighted by atomic mass is 35.5. The first-order valence-corrected chi connectivity index (χ1v) is 9.21. The van der Waals surface area contributed by atoms with Crippen LogP contribution in [0.25, 0.3) is 0 Å². The highest BCUT2D eigenvalue weighted by Crippen LogP contribution is 2.33. The number of alkyl halides is 3. The number of hydrogen-bond donors (Lipinski definition) is 0. The van der Waals surface area contributed by atoms with Gasteiger partial charge in [0.1, 0.15) is 0 Å². The second-order valence-electron chi connectivity index (χ2n) is 6.11. The van der Waals surface area contributed by atoms with Crippen LogP contribution in [0.2, 0.25) is 15.1 Å². The number of benzene rings is 1. The molecule has 2 rings (SSSR count). The second kappa shape index (κ2) is 8.90. The fourth-order valence-electron chi connectivity index (χ4n) is 2.72. The number of halogens is 6. The molecule has 5 nitrogen and oxygen atoms in total. The van der Waals surface area contributed by atoms with Crippen molar-refractivity contribution in [2.75, 3.05) is 7.11 Å². The predicted molar refractivity (Wildman–Crippen MR) is 101 cm³/mol. The van der Waals surface area contributed by atoms with Gasteiger partial charge in [0.25, 0.3) is 5.91 Å². The van der Waals surface area contributed by atoms with E-state index in [-0.39, 0.29) is 0 Å². The van der Waals surface area contributed by atoms with Crippen LogP contribution in [0, 0.1) is 0 Å². The largest absolute Gasteiger partial charge is 0.435 e. The molecule has 1 unspecified atom stereocenters. The quantitative estimate of drug-likeness (QED) is 0.543. The zero-order valence-electron chi connectivity index (χ0n) is 15.1. The van der Waals surface area contributed by atoms with Crippen molar-refractivity contribution in [2.24, 2.45) is 7.05 Å². The summed E-state index contributed by atoms with van der Waals surface area (Å²) < 4.78 is 40.4. The van der Waals surface area contributed by atoms with Gasteiger partial charge in [0.15, 0.2) is 5.69 Å². The van der Waals surface area contributed by atoms with Crippen molar-refractivity contribution in [3.63, 3.8) is 0 Å². The Balaban J connectivity index is 2.20. The smallest absolute Gasteiger partial charge is 0.274 e. The van der Waals surface area contributed by atoms with E-state index in [0.717, 1.165) is 15.9 Å². The van der Waals surface area contributed by atoms with Crippen LogP contribution >= 0.6 is 34.8 Å². The van der Waals surface area contributed by atoms with Crippen LogP contribution in [-0.4, -0.2) is 33.9 Å². The van der Waals surface area contributed by atoms with Crippen molar-refractivity contribution in [3.8, 4) is 0 Å². The molecule has 1 atom stereocenters. The summed E-state index contributed by atoms with van der Waals surface area (Å²) in [4.78, 5) is 17.7. The summed E-state index contributed by atoms with van der Waals surface area (Å²) in [6.45, 7) is 1.64. The Hall–Kier alpha value is -1.48. The number of carbonyl (C=O) groups excluding carboxylic acids is 1. The average Bonchev–Trinajstić information content (AvgIpc) is 2.96. The highest BCUT2D eigenvalue weighted by Gasteiger charge is 2.40. The van der Waals surface area contributed by atoms with Crippen molar-refractivity contribution < 1.29 is 22.8 Å². The molecule has 0 spiro atoms. The molecule has 2 aromatic rings. The molecular formula is C17H17Cl3F3N3O2. The fraction of sp³-hybridized carbons (Fsp3) is 0.412. The van der Waals surface area contributed by atoms with E-state index in [2.05, 4.69) is 5.10 Å². The molecule has 11 heteroatoms. The summed E-state index contributed by atoms with van der Waals surface area (Å²) in [7, 11) is 2.51. The molecule has 1 heterocycles. The molecular weight excluding hydrogens is 442 g/mol. The Labute approximate surface area is 174 Å². The van der Waals surface area contributed by atoms with Crippen LogP contribution in [0.1, 0.15) is 35.0 Å². The Morgan fingerprint density at radius 3 is 2.36 bits per heavy atom. The number of rotatable bonds is 6. The molecule has 0 saturated carbocycles. The SMILES string of the molecule is CON(C(=O)c1cn(C)nc1C(F)(F)F)C(C)CCc1c(Cl)cc(Cl)cc1Cl. The number of nitrogens with zero attached hydrogens (tertiary/aromatic N) is 3. The lowest BCUT2D eigenvalue weighted by atomic mass is 10.1. The molecule has 0 radical (unpaired) electrons. The molecule has 0 aliphatic rings. The van der Waals surface area contributed by atoms with Crippen molar-refractivity contribution >= 4 is 40.7 Å². The molecule has 1 aromatic heterocycles. The van der Waals surface area contributed by atoms with Crippen LogP contribution in [0.5, 0.6) is 0 Å². The highest BCUT2D eigenvalue weighted by molar-refractivity contribution is 6.39. The van der Waals surface area contributed by atoms with Gasteiger partial charge < -0.3 is 0 Å². The monoisotopic (exact) mass is 457 g/mol. The van der Waals surface area contributed by atoms with Crippen molar-refractivity contribution in [1.82, 2.24) is 14.8 Å². The van der Waals surface area contributed by atoms with Gasteiger partial charge in [-0.1, -0.05) is 34.8 Å². The maximum atomic E-state index is 13.2. The Bertz CT molecular complexity index is 848. The maximum Gasteiger partial charge on any atom is 0.435 e. The van der Waals surface area contributed by atoms with Crippen LogP contribution < -0.4 is 0 Å². The zero-order chi connectivity index (χ0) is 21.2. The van der Waals surface area contributed by atoms with E-state index in [0.29, 0.717) is 33.5 Å². The standard InChI is InChI=1S/C17H17Cl3F3N3O2/c1-9(4-5-11-13(19)6-10(18)7-14(11)20)26(28-3)16(27)12-8-25(2)24-15(12)17(21,22)23/h6-9H,4-5H2,1-3H3.